The van der Waals surface area contributed by atoms with Gasteiger partial charge in [0, 0.05) is 19.3 Å². The summed E-state index contributed by atoms with van der Waals surface area (Å²) in [7, 11) is 0. The Morgan fingerprint density at radius 2 is 2.07 bits per heavy atom. The molecule has 0 saturated heterocycles. The Morgan fingerprint density at radius 1 is 1.40 bits per heavy atom. The van der Waals surface area contributed by atoms with Crippen molar-refractivity contribution in [3.63, 3.8) is 0 Å². The van der Waals surface area contributed by atoms with E-state index in [0.717, 1.165) is 24.7 Å². The van der Waals surface area contributed by atoms with Gasteiger partial charge in [-0.25, -0.2) is 4.98 Å². The van der Waals surface area contributed by atoms with Crippen LogP contribution in [0.3, 0.4) is 0 Å². The summed E-state index contributed by atoms with van der Waals surface area (Å²) >= 11 is 0. The van der Waals surface area contributed by atoms with Gasteiger partial charge in [0.25, 0.3) is 0 Å². The highest BCUT2D eigenvalue weighted by molar-refractivity contribution is 5.28. The van der Waals surface area contributed by atoms with Gasteiger partial charge in [0.05, 0.1) is 5.69 Å². The maximum Gasteiger partial charge on any atom is 0.203 e. The summed E-state index contributed by atoms with van der Waals surface area (Å²) < 4.78 is 2.23. The number of nitrogens with zero attached hydrogens (tertiary/aromatic N) is 2. The van der Waals surface area contributed by atoms with Gasteiger partial charge in [-0.15, -0.1) is 0 Å². The van der Waals surface area contributed by atoms with Gasteiger partial charge in [0.15, 0.2) is 0 Å². The zero-order valence-corrected chi connectivity index (χ0v) is 10.5. The van der Waals surface area contributed by atoms with Crippen molar-refractivity contribution in [3.8, 4) is 0 Å². The molecule has 3 nitrogen and oxygen atoms in total. The Balaban J connectivity index is 2.74. The first-order valence-electron chi connectivity index (χ1n) is 5.82. The Hall–Kier alpha value is -0.990. The minimum absolute atomic E-state index is 0.677. The van der Waals surface area contributed by atoms with E-state index in [1.54, 1.807) is 0 Å². The molecule has 0 fully saturated rings. The van der Waals surface area contributed by atoms with Crippen molar-refractivity contribution in [2.45, 2.75) is 41.2 Å². The van der Waals surface area contributed by atoms with Crippen LogP contribution < -0.4 is 5.32 Å². The Morgan fingerprint density at radius 3 is 2.60 bits per heavy atom. The van der Waals surface area contributed by atoms with Gasteiger partial charge in [0.2, 0.25) is 5.95 Å². The molecule has 1 aromatic heterocycles. The van der Waals surface area contributed by atoms with E-state index >= 15 is 0 Å². The third-order valence-corrected chi connectivity index (χ3v) is 2.85. The van der Waals surface area contributed by atoms with Crippen LogP contribution in [-0.4, -0.2) is 16.1 Å². The van der Waals surface area contributed by atoms with Gasteiger partial charge in [0.1, 0.15) is 0 Å². The molecule has 1 N–H and O–H groups in total. The Bertz CT molecular complexity index is 302. The fourth-order valence-electron chi connectivity index (χ4n) is 1.51. The highest BCUT2D eigenvalue weighted by Crippen LogP contribution is 2.16. The molecule has 15 heavy (non-hydrogen) atoms. The molecule has 1 rings (SSSR count). The van der Waals surface area contributed by atoms with Gasteiger partial charge in [-0.1, -0.05) is 20.8 Å². The number of hydrogen-bond donors (Lipinski definition) is 1. The normalized spacial score (nSPS) is 13.2. The molecule has 0 aliphatic heterocycles. The minimum atomic E-state index is 0.677. The van der Waals surface area contributed by atoms with Crippen molar-refractivity contribution in [2.24, 2.45) is 11.8 Å². The summed E-state index contributed by atoms with van der Waals surface area (Å²) in [6.07, 6.45) is 2.12. The number of anilines is 1. The van der Waals surface area contributed by atoms with E-state index in [2.05, 4.69) is 48.8 Å². The number of aromatic nitrogens is 2. The maximum absolute atomic E-state index is 4.46. The van der Waals surface area contributed by atoms with E-state index in [-0.39, 0.29) is 0 Å². The van der Waals surface area contributed by atoms with Gasteiger partial charge in [-0.2, -0.15) is 0 Å². The van der Waals surface area contributed by atoms with E-state index in [4.69, 9.17) is 0 Å². The van der Waals surface area contributed by atoms with Crippen molar-refractivity contribution in [2.75, 3.05) is 11.9 Å². The summed E-state index contributed by atoms with van der Waals surface area (Å²) in [6.45, 7) is 12.9. The lowest BCUT2D eigenvalue weighted by molar-refractivity contribution is 0.366. The van der Waals surface area contributed by atoms with Crippen molar-refractivity contribution >= 4 is 5.95 Å². The molecule has 0 amide bonds. The third kappa shape index (κ3) is 3.26. The molecule has 1 heterocycles. The largest absolute Gasteiger partial charge is 0.356 e. The fourth-order valence-corrected chi connectivity index (χ4v) is 1.51. The molecule has 0 aliphatic carbocycles. The van der Waals surface area contributed by atoms with Gasteiger partial charge < -0.3 is 9.88 Å². The lowest BCUT2D eigenvalue weighted by Crippen LogP contribution is -2.15. The number of rotatable bonds is 5. The molecule has 1 aromatic rings. The smallest absolute Gasteiger partial charge is 0.203 e. The minimum Gasteiger partial charge on any atom is -0.356 e. The molecule has 3 heteroatoms. The summed E-state index contributed by atoms with van der Waals surface area (Å²) in [6, 6.07) is 0. The average Bonchev–Trinajstić information content (AvgIpc) is 2.47. The van der Waals surface area contributed by atoms with Gasteiger partial charge >= 0.3 is 0 Å². The van der Waals surface area contributed by atoms with Crippen molar-refractivity contribution in [3.05, 3.63) is 11.9 Å². The van der Waals surface area contributed by atoms with E-state index in [9.17, 15) is 0 Å². The Kier molecular flexibility index (Phi) is 4.18. The average molecular weight is 209 g/mol. The summed E-state index contributed by atoms with van der Waals surface area (Å²) in [4.78, 5) is 4.46. The SMILES string of the molecule is CCNc1nc(C)cn1CC(C)C(C)C. The number of imidazole rings is 1. The fraction of sp³-hybridized carbons (Fsp3) is 0.750. The third-order valence-electron chi connectivity index (χ3n) is 2.85. The lowest BCUT2D eigenvalue weighted by atomic mass is 9.98. The van der Waals surface area contributed by atoms with Crippen LogP contribution in [0.15, 0.2) is 6.20 Å². The molecule has 1 atom stereocenters. The van der Waals surface area contributed by atoms with Crippen molar-refractivity contribution in [1.82, 2.24) is 9.55 Å². The van der Waals surface area contributed by atoms with E-state index in [1.807, 2.05) is 6.92 Å². The van der Waals surface area contributed by atoms with Crippen LogP contribution in [0.25, 0.3) is 0 Å². The Labute approximate surface area is 92.9 Å². The highest BCUT2D eigenvalue weighted by atomic mass is 15.2. The van der Waals surface area contributed by atoms with E-state index in [0.29, 0.717) is 11.8 Å². The molecule has 0 aromatic carbocycles. The van der Waals surface area contributed by atoms with Crippen LogP contribution in [0, 0.1) is 18.8 Å². The zero-order valence-electron chi connectivity index (χ0n) is 10.5. The predicted molar refractivity (Wildman–Crippen MR) is 65.1 cm³/mol. The molecule has 0 saturated carbocycles. The zero-order chi connectivity index (χ0) is 11.4. The molecule has 0 radical (unpaired) electrons. The van der Waals surface area contributed by atoms with Crippen LogP contribution in [0.5, 0.6) is 0 Å². The molecular formula is C12H23N3. The molecular weight excluding hydrogens is 186 g/mol. The van der Waals surface area contributed by atoms with Gasteiger partial charge in [-0.05, 0) is 25.7 Å². The number of aryl methyl sites for hydroxylation is 1. The van der Waals surface area contributed by atoms with Crippen LogP contribution in [0.1, 0.15) is 33.4 Å². The first-order chi connectivity index (χ1) is 7.04. The summed E-state index contributed by atoms with van der Waals surface area (Å²) in [5.74, 6) is 2.39. The van der Waals surface area contributed by atoms with Crippen molar-refractivity contribution in [1.29, 1.82) is 0 Å². The topological polar surface area (TPSA) is 29.9 Å². The van der Waals surface area contributed by atoms with Crippen LogP contribution in [-0.2, 0) is 6.54 Å². The molecule has 0 spiro atoms. The second-order valence-corrected chi connectivity index (χ2v) is 4.61. The maximum atomic E-state index is 4.46. The van der Waals surface area contributed by atoms with Crippen molar-refractivity contribution < 1.29 is 0 Å². The summed E-state index contributed by atoms with van der Waals surface area (Å²) in [5, 5.41) is 3.29. The van der Waals surface area contributed by atoms with E-state index in [1.165, 1.54) is 0 Å². The van der Waals surface area contributed by atoms with Crippen LogP contribution in [0.4, 0.5) is 5.95 Å². The summed E-state index contributed by atoms with van der Waals surface area (Å²) in [5.41, 5.74) is 1.09. The number of nitrogens with one attached hydrogen (secondary N) is 1. The van der Waals surface area contributed by atoms with Gasteiger partial charge in [-0.3, -0.25) is 0 Å². The van der Waals surface area contributed by atoms with E-state index < -0.39 is 0 Å². The molecule has 86 valence electrons. The molecule has 1 unspecified atom stereocenters. The second-order valence-electron chi connectivity index (χ2n) is 4.61. The predicted octanol–water partition coefficient (Wildman–Crippen LogP) is 2.92. The molecule has 0 aliphatic rings. The number of hydrogen-bond acceptors (Lipinski definition) is 2. The second kappa shape index (κ2) is 5.19. The highest BCUT2D eigenvalue weighted by Gasteiger charge is 2.11. The van der Waals surface area contributed by atoms with Crippen LogP contribution >= 0.6 is 0 Å². The monoisotopic (exact) mass is 209 g/mol. The standard InChI is InChI=1S/C12H23N3/c1-6-13-12-14-11(5)8-15(12)7-10(4)9(2)3/h8-10H,6-7H2,1-5H3,(H,13,14). The lowest BCUT2D eigenvalue weighted by Gasteiger charge is -2.17. The quantitative estimate of drug-likeness (QED) is 0.808. The first-order valence-corrected chi connectivity index (χ1v) is 5.82. The first kappa shape index (κ1) is 12.1. The molecule has 0 bridgehead atoms. The van der Waals surface area contributed by atoms with Crippen LogP contribution in [0.2, 0.25) is 0 Å².